The molecule has 0 radical (unpaired) electrons. The topological polar surface area (TPSA) is 73.0 Å². The molecule has 0 unspecified atom stereocenters. The van der Waals surface area contributed by atoms with Crippen molar-refractivity contribution in [2.75, 3.05) is 6.79 Å². The second kappa shape index (κ2) is 4.49. The molecule has 0 saturated heterocycles. The number of fused-ring (bicyclic) bond motifs is 2. The van der Waals surface area contributed by atoms with Gasteiger partial charge in [-0.15, -0.1) is 0 Å². The number of aromatic nitrogens is 3. The minimum Gasteiger partial charge on any atom is -0.454 e. The van der Waals surface area contributed by atoms with Gasteiger partial charge in [0.15, 0.2) is 11.5 Å². The van der Waals surface area contributed by atoms with Gasteiger partial charge in [0.05, 0.1) is 17.1 Å². The van der Waals surface area contributed by atoms with Gasteiger partial charge in [-0.05, 0) is 12.1 Å². The Labute approximate surface area is 120 Å². The summed E-state index contributed by atoms with van der Waals surface area (Å²) in [5.41, 5.74) is 2.49. The normalized spacial score (nSPS) is 12.5. The van der Waals surface area contributed by atoms with Crippen LogP contribution in [0, 0.1) is 11.3 Å². The summed E-state index contributed by atoms with van der Waals surface area (Å²) in [5, 5.41) is 9.09. The van der Waals surface area contributed by atoms with E-state index in [4.69, 9.17) is 14.7 Å². The van der Waals surface area contributed by atoms with Gasteiger partial charge in [0.2, 0.25) is 6.79 Å². The molecule has 21 heavy (non-hydrogen) atoms. The molecule has 1 aromatic carbocycles. The minimum absolute atomic E-state index is 0.209. The van der Waals surface area contributed by atoms with Crippen molar-refractivity contribution in [3.63, 3.8) is 0 Å². The zero-order chi connectivity index (χ0) is 14.2. The third kappa shape index (κ3) is 1.79. The van der Waals surface area contributed by atoms with Gasteiger partial charge in [0, 0.05) is 30.1 Å². The molecule has 102 valence electrons. The van der Waals surface area contributed by atoms with E-state index in [1.54, 1.807) is 12.4 Å². The fourth-order valence-corrected chi connectivity index (χ4v) is 2.46. The van der Waals surface area contributed by atoms with Crippen LogP contribution in [0.1, 0.15) is 0 Å². The third-order valence-corrected chi connectivity index (χ3v) is 3.39. The Morgan fingerprint density at radius 2 is 2.14 bits per heavy atom. The van der Waals surface area contributed by atoms with Crippen molar-refractivity contribution < 1.29 is 9.47 Å². The number of rotatable bonds is 2. The molecule has 0 bridgehead atoms. The van der Waals surface area contributed by atoms with Gasteiger partial charge >= 0.3 is 0 Å². The molecule has 6 nitrogen and oxygen atoms in total. The summed E-state index contributed by atoms with van der Waals surface area (Å²) < 4.78 is 12.6. The van der Waals surface area contributed by atoms with Crippen molar-refractivity contribution in [3.05, 3.63) is 36.7 Å². The fourth-order valence-electron chi connectivity index (χ4n) is 2.46. The highest BCUT2D eigenvalue weighted by Gasteiger charge is 2.19. The van der Waals surface area contributed by atoms with E-state index in [0.29, 0.717) is 17.3 Å². The Morgan fingerprint density at radius 1 is 1.29 bits per heavy atom. The average Bonchev–Trinajstić information content (AvgIpc) is 3.11. The van der Waals surface area contributed by atoms with Crippen LogP contribution in [0.3, 0.4) is 0 Å². The van der Waals surface area contributed by atoms with Crippen LogP contribution in [0.15, 0.2) is 36.7 Å². The molecule has 4 rings (SSSR count). The van der Waals surface area contributed by atoms with E-state index < -0.39 is 0 Å². The van der Waals surface area contributed by atoms with Crippen LogP contribution >= 0.6 is 0 Å². The maximum Gasteiger partial charge on any atom is 0.231 e. The Kier molecular flexibility index (Phi) is 2.51. The highest BCUT2D eigenvalue weighted by atomic mass is 16.7. The lowest BCUT2D eigenvalue weighted by molar-refractivity contribution is 0.174. The van der Waals surface area contributed by atoms with Crippen molar-refractivity contribution in [2.24, 2.45) is 0 Å². The van der Waals surface area contributed by atoms with Crippen molar-refractivity contribution in [1.29, 1.82) is 5.26 Å². The standard InChI is InChI=1S/C15H10N4O2/c16-3-5-19-12-7-14-13(20-9-21-14)6-11(12)18-15(19)10-2-1-4-17-8-10/h1-2,4,6-8H,5,9H2. The molecular formula is C15H10N4O2. The van der Waals surface area contributed by atoms with E-state index in [0.717, 1.165) is 16.6 Å². The number of ether oxygens (including phenoxy) is 2. The fraction of sp³-hybridized carbons (Fsp3) is 0.133. The van der Waals surface area contributed by atoms with Gasteiger partial charge in [0.1, 0.15) is 12.4 Å². The molecule has 0 spiro atoms. The number of nitriles is 1. The number of benzene rings is 1. The molecule has 0 fully saturated rings. The molecule has 2 aromatic heterocycles. The first-order valence-corrected chi connectivity index (χ1v) is 6.44. The highest BCUT2D eigenvalue weighted by Crippen LogP contribution is 2.37. The molecule has 0 N–H and O–H groups in total. The number of pyridine rings is 1. The second-order valence-corrected chi connectivity index (χ2v) is 4.62. The number of hydrogen-bond donors (Lipinski definition) is 0. The highest BCUT2D eigenvalue weighted by molar-refractivity contribution is 5.84. The van der Waals surface area contributed by atoms with E-state index in [9.17, 15) is 0 Å². The van der Waals surface area contributed by atoms with Crippen molar-refractivity contribution in [3.8, 4) is 29.0 Å². The van der Waals surface area contributed by atoms with Gasteiger partial charge in [-0.1, -0.05) is 0 Å². The SMILES string of the molecule is N#CCn1c(-c2cccnc2)nc2cc3c(cc21)OCO3. The lowest BCUT2D eigenvalue weighted by atomic mass is 10.2. The first-order valence-electron chi connectivity index (χ1n) is 6.44. The maximum atomic E-state index is 9.09. The van der Waals surface area contributed by atoms with Gasteiger partial charge < -0.3 is 14.0 Å². The first-order chi connectivity index (χ1) is 10.4. The average molecular weight is 278 g/mol. The minimum atomic E-state index is 0.209. The van der Waals surface area contributed by atoms with Gasteiger partial charge in [-0.25, -0.2) is 4.98 Å². The summed E-state index contributed by atoms with van der Waals surface area (Å²) in [5.74, 6) is 2.07. The number of hydrogen-bond acceptors (Lipinski definition) is 5. The Balaban J connectivity index is 1.99. The van der Waals surface area contributed by atoms with Crippen LogP contribution in [0.2, 0.25) is 0 Å². The zero-order valence-corrected chi connectivity index (χ0v) is 11.0. The Bertz CT molecular complexity index is 865. The molecule has 6 heteroatoms. The molecule has 0 atom stereocenters. The summed E-state index contributed by atoms with van der Waals surface area (Å²) in [4.78, 5) is 8.72. The van der Waals surface area contributed by atoms with Gasteiger partial charge in [-0.2, -0.15) is 5.26 Å². The van der Waals surface area contributed by atoms with E-state index >= 15 is 0 Å². The van der Waals surface area contributed by atoms with E-state index in [1.807, 2.05) is 28.8 Å². The van der Waals surface area contributed by atoms with E-state index in [-0.39, 0.29) is 13.3 Å². The predicted octanol–water partition coefficient (Wildman–Crippen LogP) is 2.35. The molecule has 3 heterocycles. The van der Waals surface area contributed by atoms with Crippen LogP contribution in [0.25, 0.3) is 22.4 Å². The largest absolute Gasteiger partial charge is 0.454 e. The van der Waals surface area contributed by atoms with Crippen LogP contribution in [0.5, 0.6) is 11.5 Å². The molecule has 0 aliphatic carbocycles. The van der Waals surface area contributed by atoms with Crippen molar-refractivity contribution >= 4 is 11.0 Å². The molecule has 1 aliphatic heterocycles. The second-order valence-electron chi connectivity index (χ2n) is 4.62. The van der Waals surface area contributed by atoms with Crippen LogP contribution in [-0.4, -0.2) is 21.3 Å². The Hall–Kier alpha value is -3.07. The summed E-state index contributed by atoms with van der Waals surface area (Å²) in [7, 11) is 0. The van der Waals surface area contributed by atoms with E-state index in [2.05, 4.69) is 16.0 Å². The summed E-state index contributed by atoms with van der Waals surface area (Å²) >= 11 is 0. The number of imidazole rings is 1. The van der Waals surface area contributed by atoms with E-state index in [1.165, 1.54) is 0 Å². The quantitative estimate of drug-likeness (QED) is 0.719. The van der Waals surface area contributed by atoms with Crippen molar-refractivity contribution in [1.82, 2.24) is 14.5 Å². The lowest BCUT2D eigenvalue weighted by Crippen LogP contribution is -1.99. The molecule has 0 saturated carbocycles. The summed E-state index contributed by atoms with van der Waals surface area (Å²) in [6.45, 7) is 0.427. The lowest BCUT2D eigenvalue weighted by Gasteiger charge is -2.04. The van der Waals surface area contributed by atoms with Gasteiger partial charge in [0.25, 0.3) is 0 Å². The van der Waals surface area contributed by atoms with Crippen LogP contribution in [-0.2, 0) is 6.54 Å². The third-order valence-electron chi connectivity index (χ3n) is 3.39. The summed E-state index contributed by atoms with van der Waals surface area (Å²) in [6, 6.07) is 9.64. The molecular weight excluding hydrogens is 268 g/mol. The zero-order valence-electron chi connectivity index (χ0n) is 11.0. The molecule has 0 amide bonds. The maximum absolute atomic E-state index is 9.09. The first kappa shape index (κ1) is 11.7. The number of nitrogens with zero attached hydrogens (tertiary/aromatic N) is 4. The van der Waals surface area contributed by atoms with Gasteiger partial charge in [-0.3, -0.25) is 4.98 Å². The molecule has 3 aromatic rings. The Morgan fingerprint density at radius 3 is 2.90 bits per heavy atom. The summed E-state index contributed by atoms with van der Waals surface area (Å²) in [6.07, 6.45) is 3.44. The van der Waals surface area contributed by atoms with Crippen LogP contribution in [0.4, 0.5) is 0 Å². The monoisotopic (exact) mass is 278 g/mol. The smallest absolute Gasteiger partial charge is 0.231 e. The molecule has 1 aliphatic rings. The van der Waals surface area contributed by atoms with Crippen LogP contribution < -0.4 is 9.47 Å². The predicted molar refractivity (Wildman–Crippen MR) is 74.7 cm³/mol. The van der Waals surface area contributed by atoms with Crippen molar-refractivity contribution in [2.45, 2.75) is 6.54 Å².